The number of methoxy groups -OCH3 is 1. The number of hydrogen-bond donors (Lipinski definition) is 1. The Kier molecular flexibility index (Phi) is 6.44. The normalized spacial score (nSPS) is 18.0. The Morgan fingerprint density at radius 2 is 1.79 bits per heavy atom. The van der Waals surface area contributed by atoms with Gasteiger partial charge in [-0.25, -0.2) is 0 Å². The van der Waals surface area contributed by atoms with Gasteiger partial charge in [0, 0.05) is 31.2 Å². The summed E-state index contributed by atoms with van der Waals surface area (Å²) >= 11 is 0. The van der Waals surface area contributed by atoms with E-state index in [2.05, 4.69) is 67.1 Å². The number of aromatic nitrogens is 2. The summed E-state index contributed by atoms with van der Waals surface area (Å²) in [5, 5.41) is 16.7. The minimum absolute atomic E-state index is 0.331. The molecule has 4 rings (SSSR count). The smallest absolute Gasteiger partial charge is 0.234 e. The van der Waals surface area contributed by atoms with E-state index in [0.717, 1.165) is 29.8 Å². The van der Waals surface area contributed by atoms with Gasteiger partial charge >= 0.3 is 0 Å². The third kappa shape index (κ3) is 4.19. The van der Waals surface area contributed by atoms with Gasteiger partial charge in [-0.3, -0.25) is 0 Å². The molecule has 1 fully saturated rings. The van der Waals surface area contributed by atoms with E-state index in [4.69, 9.17) is 9.26 Å². The van der Waals surface area contributed by atoms with Crippen molar-refractivity contribution in [3.8, 4) is 11.4 Å². The third-order valence-electron chi connectivity index (χ3n) is 7.16. The van der Waals surface area contributed by atoms with Crippen molar-refractivity contribution < 1.29 is 14.4 Å². The van der Waals surface area contributed by atoms with Crippen LogP contribution in [0.5, 0.6) is 0 Å². The summed E-state index contributed by atoms with van der Waals surface area (Å²) in [5.74, 6) is 1.47. The highest BCUT2D eigenvalue weighted by atomic mass is 16.5. The number of rotatable bonds is 8. The van der Waals surface area contributed by atoms with Crippen LogP contribution in [0.1, 0.15) is 63.1 Å². The highest BCUT2D eigenvalue weighted by Gasteiger charge is 2.55. The van der Waals surface area contributed by atoms with E-state index in [-0.39, 0.29) is 10.8 Å². The topological polar surface area (TPSA) is 71.6 Å². The first-order valence-corrected chi connectivity index (χ1v) is 12.0. The van der Waals surface area contributed by atoms with Crippen molar-refractivity contribution in [2.24, 2.45) is 5.41 Å². The van der Waals surface area contributed by atoms with Crippen molar-refractivity contribution in [1.82, 2.24) is 15.0 Å². The maximum absolute atomic E-state index is 12.4. The molecule has 182 valence electrons. The van der Waals surface area contributed by atoms with Crippen molar-refractivity contribution in [2.45, 2.75) is 51.6 Å². The van der Waals surface area contributed by atoms with E-state index in [1.807, 2.05) is 38.1 Å². The minimum atomic E-state index is -1.16. The molecular formula is C28H37N3O3. The van der Waals surface area contributed by atoms with E-state index in [1.165, 1.54) is 5.56 Å². The summed E-state index contributed by atoms with van der Waals surface area (Å²) in [7, 11) is 3.75. The predicted molar refractivity (Wildman–Crippen MR) is 134 cm³/mol. The molecule has 1 N–H and O–H groups in total. The van der Waals surface area contributed by atoms with Crippen molar-refractivity contribution in [3.05, 3.63) is 71.1 Å². The number of benzene rings is 2. The lowest BCUT2D eigenvalue weighted by atomic mass is 9.62. The van der Waals surface area contributed by atoms with Gasteiger partial charge < -0.3 is 19.3 Å². The molecule has 6 nitrogen and oxygen atoms in total. The first kappa shape index (κ1) is 24.6. The molecule has 0 bridgehead atoms. The van der Waals surface area contributed by atoms with Crippen LogP contribution in [0.4, 0.5) is 0 Å². The second-order valence-electron chi connectivity index (χ2n) is 11.0. The van der Waals surface area contributed by atoms with E-state index in [0.29, 0.717) is 24.2 Å². The van der Waals surface area contributed by atoms with Gasteiger partial charge in [-0.1, -0.05) is 68.4 Å². The first-order valence-electron chi connectivity index (χ1n) is 12.0. The van der Waals surface area contributed by atoms with Gasteiger partial charge in [0.25, 0.3) is 0 Å². The number of aliphatic hydroxyl groups is 1. The van der Waals surface area contributed by atoms with E-state index >= 15 is 0 Å². The molecule has 1 unspecified atom stereocenters. The van der Waals surface area contributed by atoms with E-state index in [9.17, 15) is 5.11 Å². The van der Waals surface area contributed by atoms with Gasteiger partial charge in [0.1, 0.15) is 5.60 Å². The van der Waals surface area contributed by atoms with Crippen LogP contribution in [0.15, 0.2) is 53.1 Å². The van der Waals surface area contributed by atoms with Crippen LogP contribution in [-0.4, -0.2) is 54.0 Å². The standard InChI is InChI=1S/C28H37N3O3/c1-19(2)20-11-13-22(14-12-20)28(32,27(5)16-31(6)17-27)23-10-8-9-21(15-23)24-29-25(34-30-24)26(3,4)18-33-7/h8-15,19,32H,16-18H2,1-7H3. The molecule has 0 radical (unpaired) electrons. The van der Waals surface area contributed by atoms with Crippen LogP contribution in [0, 0.1) is 5.41 Å². The Morgan fingerprint density at radius 3 is 2.38 bits per heavy atom. The Balaban J connectivity index is 1.77. The molecule has 1 saturated heterocycles. The van der Waals surface area contributed by atoms with Crippen LogP contribution < -0.4 is 0 Å². The molecule has 3 aromatic rings. The molecule has 0 amide bonds. The fraction of sp³-hybridized carbons (Fsp3) is 0.500. The van der Waals surface area contributed by atoms with Gasteiger partial charge in [-0.2, -0.15) is 4.98 Å². The second-order valence-corrected chi connectivity index (χ2v) is 11.0. The summed E-state index contributed by atoms with van der Waals surface area (Å²) in [6.07, 6.45) is 0. The van der Waals surface area contributed by atoms with Crippen molar-refractivity contribution >= 4 is 0 Å². The monoisotopic (exact) mass is 463 g/mol. The molecular weight excluding hydrogens is 426 g/mol. The maximum atomic E-state index is 12.4. The molecule has 1 aliphatic rings. The van der Waals surface area contributed by atoms with Crippen LogP contribution >= 0.6 is 0 Å². The van der Waals surface area contributed by atoms with Crippen LogP contribution in [0.3, 0.4) is 0 Å². The quantitative estimate of drug-likeness (QED) is 0.508. The van der Waals surface area contributed by atoms with Crippen LogP contribution in [0.2, 0.25) is 0 Å². The highest BCUT2D eigenvalue weighted by molar-refractivity contribution is 5.58. The summed E-state index contributed by atoms with van der Waals surface area (Å²) in [4.78, 5) is 6.90. The van der Waals surface area contributed by atoms with Crippen molar-refractivity contribution in [1.29, 1.82) is 0 Å². The van der Waals surface area contributed by atoms with E-state index < -0.39 is 5.60 Å². The Bertz CT molecular complexity index is 1130. The van der Waals surface area contributed by atoms with Gasteiger partial charge in [-0.05, 0) is 49.6 Å². The molecule has 2 aromatic carbocycles. The number of ether oxygens (including phenoxy) is 1. The number of hydrogen-bond acceptors (Lipinski definition) is 6. The van der Waals surface area contributed by atoms with E-state index in [1.54, 1.807) is 7.11 Å². The molecule has 0 saturated carbocycles. The molecule has 1 atom stereocenters. The highest BCUT2D eigenvalue weighted by Crippen LogP contribution is 2.50. The minimum Gasteiger partial charge on any atom is -0.384 e. The van der Waals surface area contributed by atoms with Crippen molar-refractivity contribution in [2.75, 3.05) is 33.9 Å². The number of likely N-dealkylation sites (tertiary alicyclic amines) is 1. The van der Waals surface area contributed by atoms with Gasteiger partial charge in [-0.15, -0.1) is 0 Å². The van der Waals surface area contributed by atoms with Gasteiger partial charge in [0.15, 0.2) is 0 Å². The average Bonchev–Trinajstić information content (AvgIpc) is 3.29. The molecule has 1 aliphatic heterocycles. The summed E-state index contributed by atoms with van der Waals surface area (Å²) < 4.78 is 10.9. The Labute approximate surface area is 203 Å². The molecule has 0 aliphatic carbocycles. The lowest BCUT2D eigenvalue weighted by Gasteiger charge is -2.56. The van der Waals surface area contributed by atoms with Gasteiger partial charge in [0.05, 0.1) is 12.0 Å². The molecule has 6 heteroatoms. The predicted octanol–water partition coefficient (Wildman–Crippen LogP) is 4.97. The Hall–Kier alpha value is -2.54. The Morgan fingerprint density at radius 1 is 1.12 bits per heavy atom. The van der Waals surface area contributed by atoms with Gasteiger partial charge in [0.2, 0.25) is 11.7 Å². The lowest BCUT2D eigenvalue weighted by Crippen LogP contribution is -2.63. The SMILES string of the molecule is COCC(C)(C)c1nc(-c2cccc(C(O)(c3ccc(C(C)C)cc3)C3(C)CN(C)C3)c2)no1. The van der Waals surface area contributed by atoms with Crippen LogP contribution in [-0.2, 0) is 15.8 Å². The lowest BCUT2D eigenvalue weighted by molar-refractivity contribution is -0.127. The third-order valence-corrected chi connectivity index (χ3v) is 7.16. The summed E-state index contributed by atoms with van der Waals surface area (Å²) in [6.45, 7) is 12.6. The maximum Gasteiger partial charge on any atom is 0.234 e. The number of nitrogens with zero attached hydrogens (tertiary/aromatic N) is 3. The fourth-order valence-electron chi connectivity index (χ4n) is 5.27. The zero-order valence-electron chi connectivity index (χ0n) is 21.4. The molecule has 1 aromatic heterocycles. The molecule has 2 heterocycles. The first-order chi connectivity index (χ1) is 16.0. The summed E-state index contributed by atoms with van der Waals surface area (Å²) in [6, 6.07) is 16.3. The van der Waals surface area contributed by atoms with Crippen molar-refractivity contribution in [3.63, 3.8) is 0 Å². The molecule has 0 spiro atoms. The largest absolute Gasteiger partial charge is 0.384 e. The second kappa shape index (κ2) is 8.91. The zero-order chi connectivity index (χ0) is 24.7. The fourth-order valence-corrected chi connectivity index (χ4v) is 5.27. The zero-order valence-corrected chi connectivity index (χ0v) is 21.4. The average molecular weight is 464 g/mol. The van der Waals surface area contributed by atoms with Crippen LogP contribution in [0.25, 0.3) is 11.4 Å². The molecule has 34 heavy (non-hydrogen) atoms. The summed E-state index contributed by atoms with van der Waals surface area (Å²) in [5.41, 5.74) is 1.93.